The van der Waals surface area contributed by atoms with Crippen molar-refractivity contribution in [2.24, 2.45) is 0 Å². The van der Waals surface area contributed by atoms with E-state index < -0.39 is 17.7 Å². The normalized spacial score (nSPS) is 17.8. The second-order valence-electron chi connectivity index (χ2n) is 8.28. The molecule has 0 aliphatic carbocycles. The third kappa shape index (κ3) is 7.40. The molecule has 1 saturated heterocycles. The number of piperazine rings is 1. The van der Waals surface area contributed by atoms with Crippen LogP contribution in [-0.4, -0.2) is 64.9 Å². The first kappa shape index (κ1) is 23.3. The average molecular weight is 427 g/mol. The fraction of sp³-hybridized carbons (Fsp3) is 0.619. The summed E-state index contributed by atoms with van der Waals surface area (Å²) in [6.45, 7) is 9.61. The molecule has 0 radical (unpaired) electrons. The summed E-state index contributed by atoms with van der Waals surface area (Å²) >= 11 is 6.18. The van der Waals surface area contributed by atoms with Crippen molar-refractivity contribution in [1.29, 1.82) is 0 Å². The number of carbonyl (C=O) groups excluding carboxylic acids is 1. The molecule has 2 rings (SSSR count). The molecule has 1 N–H and O–H groups in total. The summed E-state index contributed by atoms with van der Waals surface area (Å²) in [6, 6.07) is 5.26. The van der Waals surface area contributed by atoms with E-state index in [0.29, 0.717) is 37.0 Å². The molecule has 162 valence electrons. The van der Waals surface area contributed by atoms with Gasteiger partial charge in [0.15, 0.2) is 6.61 Å². The molecule has 1 aliphatic heterocycles. The zero-order valence-corrected chi connectivity index (χ0v) is 18.4. The third-order valence-electron chi connectivity index (χ3n) is 4.62. The van der Waals surface area contributed by atoms with Gasteiger partial charge in [-0.1, -0.05) is 24.9 Å². The minimum Gasteiger partial charge on any atom is -0.482 e. The van der Waals surface area contributed by atoms with Gasteiger partial charge < -0.3 is 19.5 Å². The smallest absolute Gasteiger partial charge is 0.407 e. The van der Waals surface area contributed by atoms with Crippen LogP contribution < -0.4 is 4.74 Å². The van der Waals surface area contributed by atoms with Gasteiger partial charge >= 0.3 is 12.1 Å². The monoisotopic (exact) mass is 426 g/mol. The van der Waals surface area contributed by atoms with Gasteiger partial charge in [0.25, 0.3) is 0 Å². The van der Waals surface area contributed by atoms with Gasteiger partial charge in [-0.2, -0.15) is 0 Å². The topological polar surface area (TPSA) is 79.3 Å². The van der Waals surface area contributed by atoms with Crippen LogP contribution in [0, 0.1) is 0 Å². The summed E-state index contributed by atoms with van der Waals surface area (Å²) in [5, 5.41) is 10.0. The Morgan fingerprint density at radius 2 is 2.00 bits per heavy atom. The molecule has 0 saturated carbocycles. The number of benzene rings is 1. The number of hydrogen-bond donors (Lipinski definition) is 1. The highest BCUT2D eigenvalue weighted by Gasteiger charge is 2.30. The van der Waals surface area contributed by atoms with E-state index >= 15 is 0 Å². The lowest BCUT2D eigenvalue weighted by Gasteiger charge is -2.40. The molecule has 29 heavy (non-hydrogen) atoms. The molecule has 1 amide bonds. The van der Waals surface area contributed by atoms with Crippen LogP contribution in [0.25, 0.3) is 0 Å². The number of rotatable bonds is 7. The number of carboxylic acid groups (broad SMARTS) is 1. The van der Waals surface area contributed by atoms with Gasteiger partial charge in [-0.25, -0.2) is 9.59 Å². The minimum absolute atomic E-state index is 0.0310. The molecule has 1 aliphatic rings. The van der Waals surface area contributed by atoms with Gasteiger partial charge in [-0.15, -0.1) is 0 Å². The van der Waals surface area contributed by atoms with Crippen molar-refractivity contribution in [2.75, 3.05) is 26.2 Å². The number of amides is 1. The maximum atomic E-state index is 12.0. The van der Waals surface area contributed by atoms with Crippen molar-refractivity contribution in [2.45, 2.75) is 58.7 Å². The van der Waals surface area contributed by atoms with Gasteiger partial charge in [-0.3, -0.25) is 4.90 Å². The second kappa shape index (κ2) is 10.2. The fourth-order valence-electron chi connectivity index (χ4n) is 3.46. The Morgan fingerprint density at radius 1 is 1.28 bits per heavy atom. The average Bonchev–Trinajstić information content (AvgIpc) is 2.60. The Hall–Kier alpha value is -1.99. The largest absolute Gasteiger partial charge is 0.482 e. The highest BCUT2D eigenvalue weighted by atomic mass is 35.5. The first-order valence-corrected chi connectivity index (χ1v) is 10.3. The van der Waals surface area contributed by atoms with Crippen LogP contribution in [-0.2, 0) is 16.1 Å². The highest BCUT2D eigenvalue weighted by molar-refractivity contribution is 6.30. The van der Waals surface area contributed by atoms with Crippen molar-refractivity contribution in [3.63, 3.8) is 0 Å². The SMILES string of the molecule is CCC[C@H]1CN(Cc2cc(Cl)ccc2OCC(=O)OC(C)(C)C)CCN1C(=O)O. The standard InChI is InChI=1S/C21H31ClN2O5/c1-5-6-17-13-23(9-10-24(17)20(26)27)12-15-11-16(22)7-8-18(15)28-14-19(25)29-21(2,3)4/h7-8,11,17H,5-6,9-10,12-14H2,1-4H3,(H,26,27)/t17-/m0/s1. The number of nitrogens with zero attached hydrogens (tertiary/aromatic N) is 2. The predicted octanol–water partition coefficient (Wildman–Crippen LogP) is 4.02. The van der Waals surface area contributed by atoms with Crippen molar-refractivity contribution < 1.29 is 24.2 Å². The Morgan fingerprint density at radius 3 is 2.62 bits per heavy atom. The van der Waals surface area contributed by atoms with Crippen molar-refractivity contribution in [3.8, 4) is 5.75 Å². The second-order valence-corrected chi connectivity index (χ2v) is 8.72. The van der Waals surface area contributed by atoms with E-state index in [4.69, 9.17) is 21.1 Å². The molecule has 1 aromatic carbocycles. The molecular weight excluding hydrogens is 396 g/mol. The molecule has 0 spiro atoms. The summed E-state index contributed by atoms with van der Waals surface area (Å²) in [6.07, 6.45) is 0.872. The van der Waals surface area contributed by atoms with Crippen molar-refractivity contribution >= 4 is 23.7 Å². The van der Waals surface area contributed by atoms with E-state index in [1.807, 2.05) is 26.8 Å². The Balaban J connectivity index is 2.05. The number of halogens is 1. The van der Waals surface area contributed by atoms with Crippen LogP contribution in [0.2, 0.25) is 5.02 Å². The molecular formula is C21H31ClN2O5. The zero-order valence-electron chi connectivity index (χ0n) is 17.6. The molecule has 1 fully saturated rings. The lowest BCUT2D eigenvalue weighted by Crippen LogP contribution is -2.54. The molecule has 1 atom stereocenters. The number of ether oxygens (including phenoxy) is 2. The van der Waals surface area contributed by atoms with Gasteiger partial charge in [0.1, 0.15) is 11.4 Å². The van der Waals surface area contributed by atoms with Gasteiger partial charge in [-0.05, 0) is 45.4 Å². The maximum absolute atomic E-state index is 12.0. The summed E-state index contributed by atoms with van der Waals surface area (Å²) in [4.78, 5) is 27.2. The number of esters is 1. The van der Waals surface area contributed by atoms with E-state index in [1.165, 1.54) is 4.90 Å². The van der Waals surface area contributed by atoms with E-state index in [2.05, 4.69) is 11.8 Å². The Kier molecular flexibility index (Phi) is 8.16. The molecule has 8 heteroatoms. The Bertz CT molecular complexity index is 720. The number of carbonyl (C=O) groups is 2. The lowest BCUT2D eigenvalue weighted by atomic mass is 10.1. The molecule has 0 unspecified atom stereocenters. The minimum atomic E-state index is -0.868. The van der Waals surface area contributed by atoms with Crippen LogP contribution in [0.3, 0.4) is 0 Å². The third-order valence-corrected chi connectivity index (χ3v) is 4.85. The van der Waals surface area contributed by atoms with E-state index in [-0.39, 0.29) is 12.6 Å². The fourth-order valence-corrected chi connectivity index (χ4v) is 3.65. The van der Waals surface area contributed by atoms with Gasteiger partial charge in [0, 0.05) is 42.8 Å². The number of hydrogen-bond acceptors (Lipinski definition) is 5. The van der Waals surface area contributed by atoms with E-state index in [1.54, 1.807) is 12.1 Å². The van der Waals surface area contributed by atoms with Crippen LogP contribution in [0.15, 0.2) is 18.2 Å². The van der Waals surface area contributed by atoms with E-state index in [0.717, 1.165) is 18.4 Å². The van der Waals surface area contributed by atoms with Crippen molar-refractivity contribution in [1.82, 2.24) is 9.80 Å². The van der Waals surface area contributed by atoms with Gasteiger partial charge in [0.05, 0.1) is 0 Å². The maximum Gasteiger partial charge on any atom is 0.407 e. The van der Waals surface area contributed by atoms with Crippen LogP contribution in [0.5, 0.6) is 5.75 Å². The molecule has 1 aromatic rings. The van der Waals surface area contributed by atoms with Gasteiger partial charge in [0.2, 0.25) is 0 Å². The van der Waals surface area contributed by atoms with Crippen LogP contribution >= 0.6 is 11.6 Å². The summed E-state index contributed by atoms with van der Waals surface area (Å²) < 4.78 is 11.0. The Labute approximate surface area is 177 Å². The molecule has 7 nitrogen and oxygen atoms in total. The highest BCUT2D eigenvalue weighted by Crippen LogP contribution is 2.26. The van der Waals surface area contributed by atoms with Crippen LogP contribution in [0.4, 0.5) is 4.79 Å². The predicted molar refractivity (Wildman–Crippen MR) is 111 cm³/mol. The molecule has 0 bridgehead atoms. The quantitative estimate of drug-likeness (QED) is 0.663. The molecule has 1 heterocycles. The first-order valence-electron chi connectivity index (χ1n) is 9.94. The van der Waals surface area contributed by atoms with Crippen molar-refractivity contribution in [3.05, 3.63) is 28.8 Å². The first-order chi connectivity index (χ1) is 13.6. The van der Waals surface area contributed by atoms with E-state index in [9.17, 15) is 14.7 Å². The lowest BCUT2D eigenvalue weighted by molar-refractivity contribution is -0.157. The summed E-state index contributed by atoms with van der Waals surface area (Å²) in [5.74, 6) is 0.143. The summed E-state index contributed by atoms with van der Waals surface area (Å²) in [7, 11) is 0. The van der Waals surface area contributed by atoms with Crippen LogP contribution in [0.1, 0.15) is 46.1 Å². The molecule has 0 aromatic heterocycles. The zero-order chi connectivity index (χ0) is 21.6. The summed E-state index contributed by atoms with van der Waals surface area (Å²) in [5.41, 5.74) is 0.293.